The van der Waals surface area contributed by atoms with E-state index in [0.29, 0.717) is 48.7 Å². The molecule has 0 spiro atoms. The maximum Gasteiger partial charge on any atom is 0.294 e. The summed E-state index contributed by atoms with van der Waals surface area (Å²) in [5.74, 6) is -0.189. The molecule has 4 heterocycles. The topological polar surface area (TPSA) is 136 Å². The summed E-state index contributed by atoms with van der Waals surface area (Å²) < 4.78 is 16.1. The molecule has 2 N–H and O–H groups in total. The average molecular weight is 494 g/mol. The van der Waals surface area contributed by atoms with Gasteiger partial charge in [-0.1, -0.05) is 0 Å². The highest BCUT2D eigenvalue weighted by Gasteiger charge is 2.34. The SMILES string of the molecule is COc1ccc(NC(=O)c2oc3cccnc3c2NC(=O)[C@H]2CC[C@H](N3CCOCC3=O)CC2)nc1. The summed E-state index contributed by atoms with van der Waals surface area (Å²) in [6.45, 7) is 1.26. The van der Waals surface area contributed by atoms with Crippen molar-refractivity contribution in [3.05, 3.63) is 42.4 Å². The summed E-state index contributed by atoms with van der Waals surface area (Å²) in [7, 11) is 1.53. The number of nitrogens with one attached hydrogen (secondary N) is 2. The number of anilines is 2. The van der Waals surface area contributed by atoms with Crippen molar-refractivity contribution in [3.63, 3.8) is 0 Å². The van der Waals surface area contributed by atoms with Crippen LogP contribution in [0.4, 0.5) is 11.5 Å². The van der Waals surface area contributed by atoms with Crippen molar-refractivity contribution in [2.45, 2.75) is 31.7 Å². The molecule has 1 saturated heterocycles. The fourth-order valence-electron chi connectivity index (χ4n) is 4.74. The molecule has 36 heavy (non-hydrogen) atoms. The van der Waals surface area contributed by atoms with E-state index in [1.807, 2.05) is 4.90 Å². The van der Waals surface area contributed by atoms with Gasteiger partial charge in [-0.05, 0) is 49.9 Å². The maximum absolute atomic E-state index is 13.2. The quantitative estimate of drug-likeness (QED) is 0.535. The molecule has 1 aliphatic carbocycles. The van der Waals surface area contributed by atoms with E-state index in [9.17, 15) is 14.4 Å². The fraction of sp³-hybridized carbons (Fsp3) is 0.400. The van der Waals surface area contributed by atoms with Gasteiger partial charge in [-0.15, -0.1) is 0 Å². The smallest absolute Gasteiger partial charge is 0.294 e. The molecule has 1 saturated carbocycles. The predicted octanol–water partition coefficient (Wildman–Crippen LogP) is 2.84. The molecule has 3 aromatic heterocycles. The highest BCUT2D eigenvalue weighted by molar-refractivity contribution is 6.13. The number of furan rings is 1. The maximum atomic E-state index is 13.2. The minimum Gasteiger partial charge on any atom is -0.495 e. The third-order valence-electron chi connectivity index (χ3n) is 6.65. The largest absolute Gasteiger partial charge is 0.495 e. The minimum absolute atomic E-state index is 0.00657. The van der Waals surface area contributed by atoms with Gasteiger partial charge in [0, 0.05) is 24.7 Å². The van der Waals surface area contributed by atoms with Gasteiger partial charge in [-0.25, -0.2) is 4.98 Å². The number of carbonyl (C=O) groups is 3. The van der Waals surface area contributed by atoms with Crippen molar-refractivity contribution in [2.24, 2.45) is 5.92 Å². The van der Waals surface area contributed by atoms with Crippen molar-refractivity contribution in [1.82, 2.24) is 14.9 Å². The zero-order chi connectivity index (χ0) is 25.1. The number of fused-ring (bicyclic) bond motifs is 1. The van der Waals surface area contributed by atoms with Crippen LogP contribution in [0, 0.1) is 5.92 Å². The van der Waals surface area contributed by atoms with Crippen LogP contribution < -0.4 is 15.4 Å². The number of hydrogen-bond donors (Lipinski definition) is 2. The highest BCUT2D eigenvalue weighted by Crippen LogP contribution is 2.33. The Hall–Kier alpha value is -3.99. The Labute approximate surface area is 207 Å². The third-order valence-corrected chi connectivity index (χ3v) is 6.65. The first-order valence-electron chi connectivity index (χ1n) is 11.9. The Morgan fingerprint density at radius 2 is 1.94 bits per heavy atom. The summed E-state index contributed by atoms with van der Waals surface area (Å²) in [6, 6.07) is 6.78. The van der Waals surface area contributed by atoms with Gasteiger partial charge >= 0.3 is 0 Å². The molecular formula is C25H27N5O6. The van der Waals surface area contributed by atoms with Gasteiger partial charge in [-0.2, -0.15) is 0 Å². The molecule has 0 unspecified atom stereocenters. The molecule has 0 radical (unpaired) electrons. The van der Waals surface area contributed by atoms with Crippen LogP contribution in [0.3, 0.4) is 0 Å². The molecule has 5 rings (SSSR count). The number of nitrogens with zero attached hydrogens (tertiary/aromatic N) is 3. The number of amides is 3. The van der Waals surface area contributed by atoms with Gasteiger partial charge in [0.2, 0.25) is 17.6 Å². The van der Waals surface area contributed by atoms with Crippen LogP contribution in [0.25, 0.3) is 11.1 Å². The highest BCUT2D eigenvalue weighted by atomic mass is 16.5. The lowest BCUT2D eigenvalue weighted by Crippen LogP contribution is -2.49. The molecule has 3 aromatic rings. The molecule has 11 heteroatoms. The number of carbonyl (C=O) groups excluding carboxylic acids is 3. The Kier molecular flexibility index (Phi) is 6.81. The molecule has 2 aliphatic rings. The number of hydrogen-bond acceptors (Lipinski definition) is 8. The Morgan fingerprint density at radius 1 is 1.11 bits per heavy atom. The fourth-order valence-corrected chi connectivity index (χ4v) is 4.74. The average Bonchev–Trinajstić information content (AvgIpc) is 3.28. The third kappa shape index (κ3) is 4.87. The van der Waals surface area contributed by atoms with Crippen molar-refractivity contribution in [3.8, 4) is 5.75 Å². The van der Waals surface area contributed by atoms with E-state index in [-0.39, 0.29) is 41.8 Å². The Balaban J connectivity index is 1.30. The molecule has 1 aliphatic heterocycles. The molecule has 0 aromatic carbocycles. The van der Waals surface area contributed by atoms with Gasteiger partial charge in [0.05, 0.1) is 19.9 Å². The van der Waals surface area contributed by atoms with E-state index in [1.165, 1.54) is 13.3 Å². The second-order valence-electron chi connectivity index (χ2n) is 8.83. The second kappa shape index (κ2) is 10.3. The van der Waals surface area contributed by atoms with Crippen molar-refractivity contribution in [1.29, 1.82) is 0 Å². The summed E-state index contributed by atoms with van der Waals surface area (Å²) in [4.78, 5) is 48.8. The number of ether oxygens (including phenoxy) is 2. The number of aromatic nitrogens is 2. The van der Waals surface area contributed by atoms with E-state index >= 15 is 0 Å². The molecule has 0 bridgehead atoms. The van der Waals surface area contributed by atoms with Crippen LogP contribution >= 0.6 is 0 Å². The zero-order valence-electron chi connectivity index (χ0n) is 19.9. The van der Waals surface area contributed by atoms with Gasteiger partial charge in [0.15, 0.2) is 5.58 Å². The lowest BCUT2D eigenvalue weighted by atomic mass is 9.84. The van der Waals surface area contributed by atoms with Crippen molar-refractivity contribution in [2.75, 3.05) is 37.5 Å². The lowest BCUT2D eigenvalue weighted by Gasteiger charge is -2.38. The van der Waals surface area contributed by atoms with E-state index in [4.69, 9.17) is 13.9 Å². The molecule has 0 atom stereocenters. The van der Waals surface area contributed by atoms with Gasteiger partial charge in [-0.3, -0.25) is 19.4 Å². The molecule has 3 amide bonds. The minimum atomic E-state index is -0.560. The van der Waals surface area contributed by atoms with Crippen LogP contribution in [0.15, 0.2) is 41.1 Å². The van der Waals surface area contributed by atoms with E-state index in [0.717, 1.165) is 12.8 Å². The monoisotopic (exact) mass is 493 g/mol. The van der Waals surface area contributed by atoms with Crippen LogP contribution in [-0.2, 0) is 14.3 Å². The van der Waals surface area contributed by atoms with Gasteiger partial charge in [0.25, 0.3) is 5.91 Å². The Bertz CT molecular complexity index is 1270. The van der Waals surface area contributed by atoms with Crippen LogP contribution in [-0.4, -0.2) is 65.5 Å². The molecular weight excluding hydrogens is 466 g/mol. The van der Waals surface area contributed by atoms with Crippen molar-refractivity contribution < 1.29 is 28.3 Å². The molecule has 2 fully saturated rings. The first kappa shape index (κ1) is 23.7. The van der Waals surface area contributed by atoms with Crippen LogP contribution in [0.2, 0.25) is 0 Å². The number of rotatable bonds is 6. The summed E-state index contributed by atoms with van der Waals surface area (Å²) in [5.41, 5.74) is 1.01. The number of morpholine rings is 1. The van der Waals surface area contributed by atoms with E-state index < -0.39 is 5.91 Å². The Morgan fingerprint density at radius 3 is 2.67 bits per heavy atom. The molecule has 11 nitrogen and oxygen atoms in total. The van der Waals surface area contributed by atoms with Gasteiger partial charge < -0.3 is 29.4 Å². The summed E-state index contributed by atoms with van der Waals surface area (Å²) >= 11 is 0. The summed E-state index contributed by atoms with van der Waals surface area (Å²) in [6.07, 6.45) is 5.82. The van der Waals surface area contributed by atoms with Gasteiger partial charge in [0.1, 0.15) is 29.4 Å². The lowest BCUT2D eigenvalue weighted by molar-refractivity contribution is -0.146. The first-order chi connectivity index (χ1) is 17.5. The van der Waals surface area contributed by atoms with E-state index in [2.05, 4.69) is 20.6 Å². The first-order valence-corrected chi connectivity index (χ1v) is 11.9. The number of methoxy groups -OCH3 is 1. The zero-order valence-corrected chi connectivity index (χ0v) is 19.9. The predicted molar refractivity (Wildman–Crippen MR) is 130 cm³/mol. The summed E-state index contributed by atoms with van der Waals surface area (Å²) in [5, 5.41) is 5.58. The normalized spacial score (nSPS) is 20.2. The van der Waals surface area contributed by atoms with Crippen LogP contribution in [0.1, 0.15) is 36.2 Å². The van der Waals surface area contributed by atoms with Crippen LogP contribution in [0.5, 0.6) is 5.75 Å². The molecule has 188 valence electrons. The second-order valence-corrected chi connectivity index (χ2v) is 8.83. The standard InChI is InChI=1S/C25H27N5O6/c1-34-17-8-9-19(27-13-17)28-25(33)23-22(21-18(36-23)3-2-10-26-21)29-24(32)15-4-6-16(7-5-15)30-11-12-35-14-20(30)31/h2-3,8-10,13,15-16H,4-7,11-12,14H2,1H3,(H,29,32)(H,27,28,33)/t15-,16-. The number of pyridine rings is 2. The van der Waals surface area contributed by atoms with Crippen molar-refractivity contribution >= 4 is 40.3 Å². The van der Waals surface area contributed by atoms with E-state index in [1.54, 1.807) is 30.5 Å².